The van der Waals surface area contributed by atoms with Crippen molar-refractivity contribution in [3.63, 3.8) is 0 Å². The molecule has 2 heterocycles. The molecule has 222 valence electrons. The number of aryl methyl sites for hydroxylation is 2. The van der Waals surface area contributed by atoms with Crippen molar-refractivity contribution in [2.24, 2.45) is 11.7 Å². The highest BCUT2D eigenvalue weighted by molar-refractivity contribution is 5.88. The fourth-order valence-corrected chi connectivity index (χ4v) is 5.50. The van der Waals surface area contributed by atoms with Crippen LogP contribution in [0.3, 0.4) is 0 Å². The van der Waals surface area contributed by atoms with Gasteiger partial charge >= 0.3 is 0 Å². The van der Waals surface area contributed by atoms with Crippen molar-refractivity contribution in [2.75, 3.05) is 0 Å². The summed E-state index contributed by atoms with van der Waals surface area (Å²) in [5.41, 5.74) is 14.2. The summed E-state index contributed by atoms with van der Waals surface area (Å²) in [6, 6.07) is 28.6. The van der Waals surface area contributed by atoms with Gasteiger partial charge in [0.05, 0.1) is 22.1 Å². The molecule has 0 aliphatic rings. The number of nitrogens with one attached hydrogen (secondary N) is 2. The molecule has 0 saturated carbocycles. The lowest BCUT2D eigenvalue weighted by Gasteiger charge is -2.09. The van der Waals surface area contributed by atoms with Crippen molar-refractivity contribution in [3.8, 4) is 11.1 Å². The number of hydrogen-bond donors (Lipinski definition) is 4. The van der Waals surface area contributed by atoms with Gasteiger partial charge in [-0.15, -0.1) is 0 Å². The Morgan fingerprint density at radius 2 is 1.00 bits per heavy atom. The fraction of sp³-hybridized carbons (Fsp3) is 0.176. The molecule has 0 atom stereocenters. The highest BCUT2D eigenvalue weighted by Gasteiger charge is 2.17. The Morgan fingerprint density at radius 1 is 0.614 bits per heavy atom. The third kappa shape index (κ3) is 5.94. The molecule has 0 aliphatic heterocycles. The molecular weight excluding hydrogens is 552 g/mol. The van der Waals surface area contributed by atoms with Crippen LogP contribution in [0.15, 0.2) is 84.9 Å². The first-order valence-electron chi connectivity index (χ1n) is 14.4. The number of hydrogen-bond acceptors (Lipinski definition) is 6. The molecule has 6 aromatic rings. The number of fused-ring (bicyclic) bond motifs is 2. The summed E-state index contributed by atoms with van der Waals surface area (Å²) in [6.07, 6.45) is 1.15. The van der Waals surface area contributed by atoms with E-state index >= 15 is 0 Å². The Hall–Kier alpha value is -5.32. The zero-order valence-electron chi connectivity index (χ0n) is 24.7. The van der Waals surface area contributed by atoms with Gasteiger partial charge in [-0.25, -0.2) is 21.7 Å². The Morgan fingerprint density at radius 3 is 1.36 bits per heavy atom. The molecule has 0 bridgehead atoms. The molecular formula is C34H34N8O2. The van der Waals surface area contributed by atoms with Crippen molar-refractivity contribution in [2.45, 2.75) is 39.8 Å². The number of imidazole rings is 2. The van der Waals surface area contributed by atoms with Crippen molar-refractivity contribution < 1.29 is 9.59 Å². The van der Waals surface area contributed by atoms with Gasteiger partial charge in [0, 0.05) is 12.8 Å². The number of carbonyl (C=O) groups excluding carboxylic acids is 2. The van der Waals surface area contributed by atoms with Gasteiger partial charge in [0.1, 0.15) is 24.7 Å². The van der Waals surface area contributed by atoms with E-state index in [-0.39, 0.29) is 24.9 Å². The Balaban J connectivity index is 1.38. The molecule has 0 fully saturated rings. The molecule has 44 heavy (non-hydrogen) atoms. The van der Waals surface area contributed by atoms with Crippen LogP contribution in [0.5, 0.6) is 0 Å². The Labute approximate surface area is 254 Å². The maximum Gasteiger partial charge on any atom is 0.253 e. The lowest BCUT2D eigenvalue weighted by Crippen LogP contribution is -2.33. The summed E-state index contributed by atoms with van der Waals surface area (Å²) >= 11 is 0. The second-order valence-corrected chi connectivity index (χ2v) is 11.1. The minimum absolute atomic E-state index is 0.0665. The molecule has 4 aromatic carbocycles. The lowest BCUT2D eigenvalue weighted by atomic mass is 10.0. The van der Waals surface area contributed by atoms with Crippen molar-refractivity contribution in [3.05, 3.63) is 119 Å². The van der Waals surface area contributed by atoms with Crippen LogP contribution < -0.4 is 22.5 Å². The average Bonchev–Trinajstić information content (AvgIpc) is 3.54. The summed E-state index contributed by atoms with van der Waals surface area (Å²) in [5.74, 6) is 11.8. The molecule has 2 aromatic heterocycles. The van der Waals surface area contributed by atoms with E-state index in [9.17, 15) is 9.59 Å². The molecule has 0 unspecified atom stereocenters. The average molecular weight is 587 g/mol. The summed E-state index contributed by atoms with van der Waals surface area (Å²) in [7, 11) is 0. The van der Waals surface area contributed by atoms with Gasteiger partial charge in [0.25, 0.3) is 11.8 Å². The zero-order valence-corrected chi connectivity index (χ0v) is 24.7. The number of benzene rings is 4. The van der Waals surface area contributed by atoms with Crippen LogP contribution in [0.4, 0.5) is 0 Å². The van der Waals surface area contributed by atoms with Gasteiger partial charge in [0.15, 0.2) is 0 Å². The molecule has 6 rings (SSSR count). The van der Waals surface area contributed by atoms with Gasteiger partial charge in [-0.05, 0) is 60.4 Å². The van der Waals surface area contributed by atoms with Gasteiger partial charge in [-0.3, -0.25) is 20.4 Å². The smallest absolute Gasteiger partial charge is 0.253 e. The largest absolute Gasteiger partial charge is 0.318 e. The van der Waals surface area contributed by atoms with E-state index in [4.69, 9.17) is 21.7 Å². The highest BCUT2D eigenvalue weighted by atomic mass is 16.2. The first kappa shape index (κ1) is 28.8. The highest BCUT2D eigenvalue weighted by Crippen LogP contribution is 2.29. The van der Waals surface area contributed by atoms with Crippen LogP contribution in [-0.4, -0.2) is 30.9 Å². The molecule has 0 aliphatic carbocycles. The summed E-state index contributed by atoms with van der Waals surface area (Å²) in [6.45, 7) is 4.24. The zero-order chi connectivity index (χ0) is 30.8. The molecule has 10 nitrogen and oxygen atoms in total. The van der Waals surface area contributed by atoms with Crippen molar-refractivity contribution in [1.29, 1.82) is 0 Å². The predicted molar refractivity (Wildman–Crippen MR) is 171 cm³/mol. The molecule has 6 N–H and O–H groups in total. The SMILES string of the molecule is Cc1ccc(Cc2nc3cc(-c4ccc5c(c4)nc(Cc4ccc(C)cc4)n5CC(=O)NN)ccc3n2CC(=O)NN)cc1. The van der Waals surface area contributed by atoms with Gasteiger partial charge in [-0.1, -0.05) is 71.8 Å². The third-order valence-electron chi connectivity index (χ3n) is 7.88. The Kier molecular flexibility index (Phi) is 7.93. The molecule has 0 spiro atoms. The summed E-state index contributed by atoms with van der Waals surface area (Å²) in [5, 5.41) is 0. The number of aromatic nitrogens is 4. The minimum Gasteiger partial charge on any atom is -0.318 e. The van der Waals surface area contributed by atoms with E-state index < -0.39 is 0 Å². The standard InChI is InChI=1S/C34H34N8O2/c1-21-3-7-23(8-4-21)15-31-37-27-17-25(11-13-29(27)41(31)19-33(43)39-35)26-12-14-30-28(18-26)38-32(42(30)20-34(44)40-36)16-24-9-5-22(2)6-10-24/h3-14,17-18H,15-16,19-20,35-36H2,1-2H3,(H,39,43)(H,40,44). The molecule has 2 amide bonds. The fourth-order valence-electron chi connectivity index (χ4n) is 5.50. The van der Waals surface area contributed by atoms with Crippen LogP contribution in [0.25, 0.3) is 33.2 Å². The number of nitrogens with zero attached hydrogens (tertiary/aromatic N) is 4. The van der Waals surface area contributed by atoms with E-state index in [1.165, 1.54) is 11.1 Å². The van der Waals surface area contributed by atoms with Gasteiger partial charge in [0.2, 0.25) is 0 Å². The number of nitrogens with two attached hydrogens (primary N) is 2. The van der Waals surface area contributed by atoms with E-state index in [1.807, 2.05) is 45.5 Å². The molecule has 0 saturated heterocycles. The monoisotopic (exact) mass is 586 g/mol. The minimum atomic E-state index is -0.302. The number of rotatable bonds is 9. The quantitative estimate of drug-likeness (QED) is 0.115. The van der Waals surface area contributed by atoms with E-state index in [2.05, 4.69) is 73.2 Å². The molecule has 0 radical (unpaired) electrons. The third-order valence-corrected chi connectivity index (χ3v) is 7.88. The number of amides is 2. The van der Waals surface area contributed by atoms with Crippen LogP contribution in [-0.2, 0) is 35.5 Å². The van der Waals surface area contributed by atoms with Crippen molar-refractivity contribution in [1.82, 2.24) is 30.0 Å². The van der Waals surface area contributed by atoms with Crippen LogP contribution in [0.1, 0.15) is 33.9 Å². The topological polar surface area (TPSA) is 146 Å². The van der Waals surface area contributed by atoms with Gasteiger partial charge < -0.3 is 9.13 Å². The first-order valence-corrected chi connectivity index (χ1v) is 14.4. The lowest BCUT2D eigenvalue weighted by molar-refractivity contribution is -0.122. The number of carbonyl (C=O) groups is 2. The second kappa shape index (κ2) is 12.1. The number of hydrazine groups is 2. The van der Waals surface area contributed by atoms with Crippen LogP contribution >= 0.6 is 0 Å². The first-order chi connectivity index (χ1) is 21.3. The maximum atomic E-state index is 12.3. The Bertz CT molecular complexity index is 1840. The van der Waals surface area contributed by atoms with Crippen LogP contribution in [0.2, 0.25) is 0 Å². The normalized spacial score (nSPS) is 11.3. The predicted octanol–water partition coefficient (Wildman–Crippen LogP) is 3.83. The summed E-state index contributed by atoms with van der Waals surface area (Å²) in [4.78, 5) is 34.5. The molecule has 10 heteroatoms. The van der Waals surface area contributed by atoms with Crippen molar-refractivity contribution >= 4 is 33.9 Å². The van der Waals surface area contributed by atoms with E-state index in [1.54, 1.807) is 0 Å². The summed E-state index contributed by atoms with van der Waals surface area (Å²) < 4.78 is 3.82. The maximum absolute atomic E-state index is 12.3. The van der Waals surface area contributed by atoms with E-state index in [0.29, 0.717) is 12.8 Å². The van der Waals surface area contributed by atoms with E-state index in [0.717, 1.165) is 56.0 Å². The van der Waals surface area contributed by atoms with Gasteiger partial charge in [-0.2, -0.15) is 0 Å². The second-order valence-electron chi connectivity index (χ2n) is 11.1. The van der Waals surface area contributed by atoms with Crippen LogP contribution in [0, 0.1) is 13.8 Å².